The van der Waals surface area contributed by atoms with Crippen LogP contribution in [0.3, 0.4) is 0 Å². The summed E-state index contributed by atoms with van der Waals surface area (Å²) in [6, 6.07) is 15.1. The summed E-state index contributed by atoms with van der Waals surface area (Å²) in [4.78, 5) is 12.5. The summed E-state index contributed by atoms with van der Waals surface area (Å²) in [5.41, 5.74) is 2.74. The van der Waals surface area contributed by atoms with Crippen molar-refractivity contribution in [3.8, 4) is 0 Å². The van der Waals surface area contributed by atoms with E-state index in [0.29, 0.717) is 17.1 Å². The molecule has 0 saturated carbocycles. The zero-order valence-electron chi connectivity index (χ0n) is 11.4. The van der Waals surface area contributed by atoms with Gasteiger partial charge in [0.2, 0.25) is 0 Å². The highest BCUT2D eigenvalue weighted by molar-refractivity contribution is 9.10. The topological polar surface area (TPSA) is 22.0 Å². The van der Waals surface area contributed by atoms with Crippen LogP contribution in [0.5, 0.6) is 0 Å². The van der Waals surface area contributed by atoms with Crippen LogP contribution in [-0.2, 0) is 6.54 Å². The van der Waals surface area contributed by atoms with Gasteiger partial charge in [-0.15, -0.1) is 0 Å². The maximum absolute atomic E-state index is 12.5. The van der Waals surface area contributed by atoms with Crippen molar-refractivity contribution < 1.29 is 4.79 Å². The molecule has 0 saturated heterocycles. The molecule has 2 nitrogen and oxygen atoms in total. The summed E-state index contributed by atoms with van der Waals surface area (Å²) in [6.45, 7) is 2.31. The second-order valence-electron chi connectivity index (χ2n) is 4.94. The molecule has 0 radical (unpaired) electrons. The van der Waals surface area contributed by atoms with E-state index in [0.717, 1.165) is 21.1 Å². The first kappa shape index (κ1) is 14.4. The van der Waals surface area contributed by atoms with Gasteiger partial charge in [-0.2, -0.15) is 0 Å². The van der Waals surface area contributed by atoms with Crippen LogP contribution < -0.4 is 0 Å². The number of halogens is 2. The Labute approximate surface area is 136 Å². The van der Waals surface area contributed by atoms with Gasteiger partial charge in [-0.1, -0.05) is 41.9 Å². The maximum Gasteiger partial charge on any atom is 0.182 e. The molecule has 0 aliphatic heterocycles. The molecule has 1 aromatic heterocycles. The van der Waals surface area contributed by atoms with Gasteiger partial charge < -0.3 is 4.57 Å². The molecule has 1 heterocycles. The molecule has 4 heteroatoms. The van der Waals surface area contributed by atoms with E-state index in [1.807, 2.05) is 35.8 Å². The number of Topliss-reactive ketones (excluding diaryl/α,β-unsaturated/α-hetero) is 1. The number of para-hydroxylation sites is 1. The van der Waals surface area contributed by atoms with E-state index >= 15 is 0 Å². The number of ketones is 1. The first-order chi connectivity index (χ1) is 10.1. The van der Waals surface area contributed by atoms with E-state index in [1.165, 1.54) is 0 Å². The number of nitrogens with zero attached hydrogens (tertiary/aromatic N) is 1. The average Bonchev–Trinajstić information content (AvgIpc) is 2.73. The highest BCUT2D eigenvalue weighted by atomic mass is 79.9. The molecule has 0 fully saturated rings. The van der Waals surface area contributed by atoms with Crippen molar-refractivity contribution in [2.75, 3.05) is 0 Å². The van der Waals surface area contributed by atoms with E-state index in [-0.39, 0.29) is 5.78 Å². The van der Waals surface area contributed by atoms with Crippen molar-refractivity contribution in [3.05, 3.63) is 69.3 Å². The van der Waals surface area contributed by atoms with E-state index < -0.39 is 0 Å². The van der Waals surface area contributed by atoms with Crippen LogP contribution in [0.25, 0.3) is 10.9 Å². The largest absolute Gasteiger partial charge is 0.336 e. The second kappa shape index (κ2) is 5.66. The lowest BCUT2D eigenvalue weighted by molar-refractivity contribution is 0.0973. The number of carbonyl (C=O) groups is 1. The van der Waals surface area contributed by atoms with Crippen LogP contribution in [0.2, 0.25) is 5.02 Å². The lowest BCUT2D eigenvalue weighted by Crippen LogP contribution is -2.11. The zero-order chi connectivity index (χ0) is 15.0. The number of hydrogen-bond acceptors (Lipinski definition) is 1. The van der Waals surface area contributed by atoms with E-state index in [1.54, 1.807) is 24.3 Å². The standard InChI is InChI=1S/C17H13BrClNO/c1-11-17(18)14-7-2-3-8-15(14)20(11)10-16(21)12-5-4-6-13(19)9-12/h2-9H,10H2,1H3. The molecule has 3 rings (SSSR count). The molecule has 2 aromatic carbocycles. The van der Waals surface area contributed by atoms with Gasteiger partial charge in [0, 0.05) is 31.7 Å². The molecule has 0 N–H and O–H groups in total. The Bertz CT molecular complexity index is 838. The van der Waals surface area contributed by atoms with Gasteiger partial charge in [-0.05, 0) is 41.1 Å². The van der Waals surface area contributed by atoms with Gasteiger partial charge in [0.15, 0.2) is 5.78 Å². The molecule has 0 aliphatic carbocycles. The van der Waals surface area contributed by atoms with Crippen LogP contribution in [0.4, 0.5) is 0 Å². The molecular formula is C17H13BrClNO. The highest BCUT2D eigenvalue weighted by Gasteiger charge is 2.15. The Morgan fingerprint density at radius 2 is 1.95 bits per heavy atom. The van der Waals surface area contributed by atoms with Gasteiger partial charge in [0.1, 0.15) is 0 Å². The van der Waals surface area contributed by atoms with Crippen LogP contribution in [-0.4, -0.2) is 10.4 Å². The van der Waals surface area contributed by atoms with Crippen molar-refractivity contribution in [1.82, 2.24) is 4.57 Å². The van der Waals surface area contributed by atoms with E-state index in [2.05, 4.69) is 15.9 Å². The fourth-order valence-electron chi connectivity index (χ4n) is 2.49. The third kappa shape index (κ3) is 2.63. The predicted molar refractivity (Wildman–Crippen MR) is 90.2 cm³/mol. The first-order valence-electron chi connectivity index (χ1n) is 6.60. The van der Waals surface area contributed by atoms with Crippen LogP contribution in [0.1, 0.15) is 16.1 Å². The van der Waals surface area contributed by atoms with E-state index in [9.17, 15) is 4.79 Å². The zero-order valence-corrected chi connectivity index (χ0v) is 13.8. The number of rotatable bonds is 3. The minimum Gasteiger partial charge on any atom is -0.336 e. The Morgan fingerprint density at radius 1 is 1.19 bits per heavy atom. The van der Waals surface area contributed by atoms with Crippen molar-refractivity contribution in [2.45, 2.75) is 13.5 Å². The fraction of sp³-hybridized carbons (Fsp3) is 0.118. The molecule has 21 heavy (non-hydrogen) atoms. The van der Waals surface area contributed by atoms with Gasteiger partial charge in [-0.3, -0.25) is 4.79 Å². The molecule has 0 aliphatic rings. The third-order valence-corrected chi connectivity index (χ3v) is 4.84. The number of fused-ring (bicyclic) bond motifs is 1. The van der Waals surface area contributed by atoms with E-state index in [4.69, 9.17) is 11.6 Å². The van der Waals surface area contributed by atoms with Gasteiger partial charge in [0.05, 0.1) is 6.54 Å². The number of hydrogen-bond donors (Lipinski definition) is 0. The molecule has 0 spiro atoms. The van der Waals surface area contributed by atoms with Gasteiger partial charge in [-0.25, -0.2) is 0 Å². The van der Waals surface area contributed by atoms with Crippen LogP contribution in [0.15, 0.2) is 53.0 Å². The number of aromatic nitrogens is 1. The SMILES string of the molecule is Cc1c(Br)c2ccccc2n1CC(=O)c1cccc(Cl)c1. The Kier molecular flexibility index (Phi) is 3.87. The first-order valence-corrected chi connectivity index (χ1v) is 7.77. The van der Waals surface area contributed by atoms with Gasteiger partial charge in [0.25, 0.3) is 0 Å². The molecule has 3 aromatic rings. The van der Waals surface area contributed by atoms with Crippen LogP contribution >= 0.6 is 27.5 Å². The Morgan fingerprint density at radius 3 is 2.71 bits per heavy atom. The third-order valence-electron chi connectivity index (χ3n) is 3.60. The maximum atomic E-state index is 12.5. The molecule has 0 amide bonds. The van der Waals surface area contributed by atoms with Crippen molar-refractivity contribution in [1.29, 1.82) is 0 Å². The Hall–Kier alpha value is -1.58. The summed E-state index contributed by atoms with van der Waals surface area (Å²) in [7, 11) is 0. The summed E-state index contributed by atoms with van der Waals surface area (Å²) in [5, 5.41) is 1.70. The molecular weight excluding hydrogens is 350 g/mol. The smallest absolute Gasteiger partial charge is 0.182 e. The molecule has 0 atom stereocenters. The molecule has 0 unspecified atom stereocenters. The fourth-order valence-corrected chi connectivity index (χ4v) is 3.23. The minimum atomic E-state index is 0.0499. The molecule has 0 bridgehead atoms. The highest BCUT2D eigenvalue weighted by Crippen LogP contribution is 2.30. The number of carbonyl (C=O) groups excluding carboxylic acids is 1. The molecule has 106 valence electrons. The summed E-state index contributed by atoms with van der Waals surface area (Å²) in [5.74, 6) is 0.0499. The van der Waals surface area contributed by atoms with Crippen molar-refractivity contribution in [2.24, 2.45) is 0 Å². The predicted octanol–water partition coefficient (Wildman–Crippen LogP) is 5.25. The monoisotopic (exact) mass is 361 g/mol. The second-order valence-corrected chi connectivity index (χ2v) is 6.17. The Balaban J connectivity index is 2.02. The summed E-state index contributed by atoms with van der Waals surface area (Å²) in [6.07, 6.45) is 0. The lowest BCUT2D eigenvalue weighted by Gasteiger charge is -2.08. The summed E-state index contributed by atoms with van der Waals surface area (Å²) < 4.78 is 3.07. The van der Waals surface area contributed by atoms with Crippen molar-refractivity contribution >= 4 is 44.2 Å². The van der Waals surface area contributed by atoms with Crippen LogP contribution in [0, 0.1) is 6.92 Å². The normalized spacial score (nSPS) is 11.0. The quantitative estimate of drug-likeness (QED) is 0.583. The van der Waals surface area contributed by atoms with Crippen molar-refractivity contribution in [3.63, 3.8) is 0 Å². The minimum absolute atomic E-state index is 0.0499. The summed E-state index contributed by atoms with van der Waals surface area (Å²) >= 11 is 9.56. The van der Waals surface area contributed by atoms with Gasteiger partial charge >= 0.3 is 0 Å². The average molecular weight is 363 g/mol. The lowest BCUT2D eigenvalue weighted by atomic mass is 10.1. The number of benzene rings is 2.